The molecular weight excluding hydrogens is 506 g/mol. The van der Waals surface area contributed by atoms with Gasteiger partial charge in [-0.2, -0.15) is 14.3 Å². The van der Waals surface area contributed by atoms with E-state index in [9.17, 15) is 13.0 Å². The largest absolute Gasteiger partial charge is 0.294 e. The van der Waals surface area contributed by atoms with Crippen molar-refractivity contribution < 1.29 is 36.9 Å². The van der Waals surface area contributed by atoms with E-state index in [0.717, 1.165) is 29.5 Å². The first-order valence-corrected chi connectivity index (χ1v) is 12.6. The number of hydrogen-bond acceptors (Lipinski definition) is 12. The minimum absolute atomic E-state index is 0.272. The van der Waals surface area contributed by atoms with Gasteiger partial charge in [-0.1, -0.05) is 18.9 Å². The molecule has 1 aliphatic rings. The minimum atomic E-state index is -4.47. The van der Waals surface area contributed by atoms with Crippen molar-refractivity contribution in [3.8, 4) is 22.5 Å². The van der Waals surface area contributed by atoms with Crippen molar-refractivity contribution in [3.05, 3.63) is 42.5 Å². The maximum absolute atomic E-state index is 11.9. The third-order valence-corrected chi connectivity index (χ3v) is 6.75. The zero-order chi connectivity index (χ0) is 24.5. The molecule has 11 nitrogen and oxygen atoms in total. The Hall–Kier alpha value is -2.37. The molecule has 4 aromatic rings. The van der Waals surface area contributed by atoms with Gasteiger partial charge in [0, 0.05) is 26.3 Å². The van der Waals surface area contributed by atoms with Crippen LogP contribution in [0, 0.1) is 0 Å². The summed E-state index contributed by atoms with van der Waals surface area (Å²) in [6, 6.07) is 11.3. The predicted octanol–water partition coefficient (Wildman–Crippen LogP) is 4.96. The molecule has 178 valence electrons. The van der Waals surface area contributed by atoms with Crippen molar-refractivity contribution in [2.75, 3.05) is 0 Å². The van der Waals surface area contributed by atoms with Crippen molar-refractivity contribution in [3.63, 3.8) is 0 Å². The van der Waals surface area contributed by atoms with Gasteiger partial charge in [0.1, 0.15) is 0 Å². The fourth-order valence-electron chi connectivity index (χ4n) is 3.61. The maximum Gasteiger partial charge on any atom is 0.294 e. The maximum atomic E-state index is 11.9. The molecule has 0 atom stereocenters. The molecule has 0 fully saturated rings. The lowest BCUT2D eigenvalue weighted by Crippen LogP contribution is -1.98. The quantitative estimate of drug-likeness (QED) is 0.114. The van der Waals surface area contributed by atoms with Crippen molar-refractivity contribution in [1.82, 2.24) is 9.97 Å². The van der Waals surface area contributed by atoms with Gasteiger partial charge in [-0.15, -0.1) is 13.7 Å². The van der Waals surface area contributed by atoms with Gasteiger partial charge in [-0.05, 0) is 47.9 Å². The molecule has 0 spiro atoms. The summed E-state index contributed by atoms with van der Waals surface area (Å²) < 4.78 is 42.6. The van der Waals surface area contributed by atoms with E-state index in [-0.39, 0.29) is 4.90 Å². The standard InChI is InChI=1S/C18H11N3O8S3.C2H6/c19-26-28-31-10-3-8-4-11(32(23,24)25)7-13-16(8)12(5-10)17-18(13)20-14-2-1-9(30-29-27-22)6-15(14)21-17;1-2/h1-7,22H,19H2,(H,23,24,25);1-2H3. The molecule has 0 saturated heterocycles. The first kappa shape index (κ1) is 24.7. The van der Waals surface area contributed by atoms with E-state index in [4.69, 9.17) is 20.5 Å². The zero-order valence-corrected chi connectivity index (χ0v) is 20.0. The summed E-state index contributed by atoms with van der Waals surface area (Å²) in [6.45, 7) is 4.00. The number of hydrogen-bond donors (Lipinski definition) is 3. The molecule has 3 aromatic carbocycles. The highest BCUT2D eigenvalue weighted by molar-refractivity contribution is 7.94. The van der Waals surface area contributed by atoms with E-state index in [1.165, 1.54) is 12.1 Å². The third kappa shape index (κ3) is 4.60. The molecule has 4 N–H and O–H groups in total. The van der Waals surface area contributed by atoms with E-state index < -0.39 is 10.1 Å². The lowest BCUT2D eigenvalue weighted by Gasteiger charge is -2.07. The Balaban J connectivity index is 0.00000133. The summed E-state index contributed by atoms with van der Waals surface area (Å²) >= 11 is 1.61. The highest BCUT2D eigenvalue weighted by Gasteiger charge is 2.28. The number of rotatable bonds is 7. The molecule has 5 rings (SSSR count). The van der Waals surface area contributed by atoms with Gasteiger partial charge in [-0.3, -0.25) is 4.55 Å². The topological polar surface area (TPSA) is 163 Å². The SMILES string of the molecule is CC.NOOSc1cc2c3c(cc(S(=O)(=O)O)cc3c1)-c1nc3ccc(SOOO)cc3nc1-2. The lowest BCUT2D eigenvalue weighted by atomic mass is 10.0. The van der Waals surface area contributed by atoms with Crippen molar-refractivity contribution >= 4 is 56.0 Å². The third-order valence-electron chi connectivity index (χ3n) is 4.77. The average molecular weight is 524 g/mol. The number of nitrogens with zero attached hydrogens (tertiary/aromatic N) is 2. The van der Waals surface area contributed by atoms with Crippen LogP contribution in [0.25, 0.3) is 44.3 Å². The van der Waals surface area contributed by atoms with Crippen molar-refractivity contribution in [2.24, 2.45) is 5.90 Å². The molecule has 0 radical (unpaired) electrons. The molecule has 34 heavy (non-hydrogen) atoms. The fraction of sp³-hybridized carbons (Fsp3) is 0.100. The molecule has 1 aromatic heterocycles. The highest BCUT2D eigenvalue weighted by Crippen LogP contribution is 2.48. The number of aromatic nitrogens is 2. The number of nitrogens with two attached hydrogens (primary N) is 1. The summed E-state index contributed by atoms with van der Waals surface area (Å²) in [5.74, 6) is 4.92. The fourth-order valence-corrected chi connectivity index (χ4v) is 5.00. The summed E-state index contributed by atoms with van der Waals surface area (Å²) in [7, 11) is -4.47. The second-order valence-corrected chi connectivity index (χ2v) is 9.53. The highest BCUT2D eigenvalue weighted by atomic mass is 32.2. The van der Waals surface area contributed by atoms with Crippen LogP contribution in [-0.4, -0.2) is 28.2 Å². The molecule has 1 heterocycles. The van der Waals surface area contributed by atoms with Crippen molar-refractivity contribution in [1.29, 1.82) is 0 Å². The van der Waals surface area contributed by atoms with Crippen LogP contribution >= 0.6 is 24.1 Å². The van der Waals surface area contributed by atoms with Crippen LogP contribution < -0.4 is 5.90 Å². The van der Waals surface area contributed by atoms with Crippen LogP contribution in [0.5, 0.6) is 0 Å². The molecule has 0 aliphatic heterocycles. The Morgan fingerprint density at radius 3 is 2.24 bits per heavy atom. The van der Waals surface area contributed by atoms with Crippen molar-refractivity contribution in [2.45, 2.75) is 28.5 Å². The van der Waals surface area contributed by atoms with Crippen LogP contribution in [0.4, 0.5) is 0 Å². The van der Waals surface area contributed by atoms with Crippen LogP contribution in [0.15, 0.2) is 57.2 Å². The second kappa shape index (κ2) is 10.1. The van der Waals surface area contributed by atoms with Gasteiger partial charge < -0.3 is 0 Å². The van der Waals surface area contributed by atoms with Gasteiger partial charge in [-0.25, -0.2) is 15.2 Å². The molecule has 0 saturated carbocycles. The average Bonchev–Trinajstić information content (AvgIpc) is 3.14. The molecule has 1 aliphatic carbocycles. The van der Waals surface area contributed by atoms with E-state index in [2.05, 4.69) is 19.3 Å². The van der Waals surface area contributed by atoms with Crippen LogP contribution in [0.2, 0.25) is 0 Å². The van der Waals surface area contributed by atoms with Crippen LogP contribution in [0.3, 0.4) is 0 Å². The molecular formula is C20H17N3O8S3. The second-order valence-electron chi connectivity index (χ2n) is 6.56. The summed E-state index contributed by atoms with van der Waals surface area (Å²) in [6.07, 6.45) is 0. The molecule has 14 heteroatoms. The summed E-state index contributed by atoms with van der Waals surface area (Å²) in [5, 5.41) is 13.2. The van der Waals surface area contributed by atoms with E-state index in [1.54, 1.807) is 30.3 Å². The smallest absolute Gasteiger partial charge is 0.282 e. The lowest BCUT2D eigenvalue weighted by molar-refractivity contribution is -0.432. The van der Waals surface area contributed by atoms with Gasteiger partial charge in [0.2, 0.25) is 0 Å². The molecule has 0 unspecified atom stereocenters. The zero-order valence-electron chi connectivity index (χ0n) is 17.6. The Kier molecular flexibility index (Phi) is 7.34. The molecule has 0 bridgehead atoms. The van der Waals surface area contributed by atoms with Gasteiger partial charge >= 0.3 is 0 Å². The Morgan fingerprint density at radius 2 is 1.56 bits per heavy atom. The molecule has 0 amide bonds. The monoisotopic (exact) mass is 523 g/mol. The van der Waals surface area contributed by atoms with Gasteiger partial charge in [0.15, 0.2) is 0 Å². The number of benzene rings is 3. The Labute approximate surface area is 202 Å². The normalized spacial score (nSPS) is 12.0. The van der Waals surface area contributed by atoms with Gasteiger partial charge in [0.25, 0.3) is 10.1 Å². The van der Waals surface area contributed by atoms with E-state index in [0.29, 0.717) is 48.7 Å². The van der Waals surface area contributed by atoms with Crippen LogP contribution in [-0.2, 0) is 28.8 Å². The Morgan fingerprint density at radius 1 is 0.882 bits per heavy atom. The predicted molar refractivity (Wildman–Crippen MR) is 126 cm³/mol. The van der Waals surface area contributed by atoms with E-state index >= 15 is 0 Å². The van der Waals surface area contributed by atoms with Gasteiger partial charge in [0.05, 0.1) is 51.4 Å². The number of fused-ring (bicyclic) bond motifs is 4. The first-order chi connectivity index (χ1) is 16.4. The van der Waals surface area contributed by atoms with E-state index in [1.807, 2.05) is 13.8 Å². The van der Waals surface area contributed by atoms with Crippen LogP contribution in [0.1, 0.15) is 13.8 Å². The Bertz CT molecular complexity index is 1500. The summed E-state index contributed by atoms with van der Waals surface area (Å²) in [4.78, 5) is 14.4. The minimum Gasteiger partial charge on any atom is -0.282 e. The summed E-state index contributed by atoms with van der Waals surface area (Å²) in [5.41, 5.74) is 3.29. The first-order valence-electron chi connectivity index (χ1n) is 9.66.